The highest BCUT2D eigenvalue weighted by atomic mass is 16.5. The number of rotatable bonds is 13. The van der Waals surface area contributed by atoms with Crippen molar-refractivity contribution in [2.75, 3.05) is 0 Å². The van der Waals surface area contributed by atoms with Crippen LogP contribution in [0.1, 0.15) is 75.5 Å². The maximum absolute atomic E-state index is 12.0. The zero-order valence-corrected chi connectivity index (χ0v) is 17.1. The molecule has 2 aromatic rings. The summed E-state index contributed by atoms with van der Waals surface area (Å²) in [7, 11) is 0. The summed E-state index contributed by atoms with van der Waals surface area (Å²) < 4.78 is 11.2. The van der Waals surface area contributed by atoms with E-state index in [4.69, 9.17) is 9.47 Å². The van der Waals surface area contributed by atoms with Gasteiger partial charge in [-0.1, -0.05) is 87.9 Å². The number of hydrogen-bond acceptors (Lipinski definition) is 3. The fraction of sp³-hybridized carbons (Fsp3) is 0.440. The predicted octanol–water partition coefficient (Wildman–Crippen LogP) is 6.82. The molecule has 0 fully saturated rings. The van der Waals surface area contributed by atoms with E-state index in [1.165, 1.54) is 32.1 Å². The van der Waals surface area contributed by atoms with Crippen LogP contribution in [-0.4, -0.2) is 5.97 Å². The molecule has 0 spiro atoms. The van der Waals surface area contributed by atoms with Crippen molar-refractivity contribution >= 4 is 5.97 Å². The smallest absolute Gasteiger partial charge is 0.306 e. The largest absolute Gasteiger partial charge is 0.489 e. The lowest BCUT2D eigenvalue weighted by molar-refractivity contribution is -0.147. The van der Waals surface area contributed by atoms with Crippen LogP contribution in [0.4, 0.5) is 0 Å². The van der Waals surface area contributed by atoms with Crippen LogP contribution in [-0.2, 0) is 16.1 Å². The van der Waals surface area contributed by atoms with E-state index < -0.39 is 6.10 Å². The van der Waals surface area contributed by atoms with E-state index in [-0.39, 0.29) is 5.97 Å². The molecule has 1 unspecified atom stereocenters. The van der Waals surface area contributed by atoms with Crippen molar-refractivity contribution in [3.8, 4) is 5.75 Å². The highest BCUT2D eigenvalue weighted by Crippen LogP contribution is 2.21. The third-order valence-corrected chi connectivity index (χ3v) is 4.76. The molecule has 3 heteroatoms. The molecule has 2 aromatic carbocycles. The lowest BCUT2D eigenvalue weighted by Crippen LogP contribution is -2.09. The fourth-order valence-electron chi connectivity index (χ4n) is 3.03. The second-order valence-electron chi connectivity index (χ2n) is 7.19. The van der Waals surface area contributed by atoms with Gasteiger partial charge >= 0.3 is 5.97 Å². The number of carbonyl (C=O) groups excluding carboxylic acids is 1. The maximum Gasteiger partial charge on any atom is 0.306 e. The molecule has 0 amide bonds. The van der Waals surface area contributed by atoms with Gasteiger partial charge in [0.05, 0.1) is 0 Å². The Morgan fingerprint density at radius 3 is 2.21 bits per heavy atom. The second kappa shape index (κ2) is 13.0. The summed E-state index contributed by atoms with van der Waals surface area (Å²) in [6.45, 7) is 6.71. The molecular weight excluding hydrogens is 348 g/mol. The number of ether oxygens (including phenoxy) is 2. The Bertz CT molecular complexity index is 664. The topological polar surface area (TPSA) is 35.5 Å². The van der Waals surface area contributed by atoms with Crippen molar-refractivity contribution in [2.45, 2.75) is 71.0 Å². The molecule has 3 nitrogen and oxygen atoms in total. The van der Waals surface area contributed by atoms with Crippen molar-refractivity contribution in [1.29, 1.82) is 0 Å². The fourth-order valence-corrected chi connectivity index (χ4v) is 3.03. The summed E-state index contributed by atoms with van der Waals surface area (Å²) in [4.78, 5) is 12.0. The van der Waals surface area contributed by atoms with Crippen molar-refractivity contribution in [1.82, 2.24) is 0 Å². The summed E-state index contributed by atoms with van der Waals surface area (Å²) >= 11 is 0. The molecule has 1 radical (unpaired) electrons. The van der Waals surface area contributed by atoms with Crippen molar-refractivity contribution in [3.05, 3.63) is 72.6 Å². The summed E-state index contributed by atoms with van der Waals surface area (Å²) in [5.41, 5.74) is 2.00. The Balaban J connectivity index is 1.66. The predicted molar refractivity (Wildman–Crippen MR) is 114 cm³/mol. The van der Waals surface area contributed by atoms with Gasteiger partial charge in [0.25, 0.3) is 0 Å². The first kappa shape index (κ1) is 22.0. The zero-order chi connectivity index (χ0) is 20.0. The quantitative estimate of drug-likeness (QED) is 0.282. The number of unbranched alkanes of at least 4 members (excludes halogenated alkanes) is 6. The van der Waals surface area contributed by atoms with Gasteiger partial charge in [-0.2, -0.15) is 0 Å². The number of carbonyl (C=O) groups is 1. The van der Waals surface area contributed by atoms with Crippen LogP contribution in [0, 0.1) is 6.92 Å². The lowest BCUT2D eigenvalue weighted by Gasteiger charge is -2.14. The van der Waals surface area contributed by atoms with Crippen LogP contribution >= 0.6 is 0 Å². The van der Waals surface area contributed by atoms with E-state index in [9.17, 15) is 4.79 Å². The van der Waals surface area contributed by atoms with E-state index in [1.807, 2.05) is 54.6 Å². The van der Waals surface area contributed by atoms with Crippen LogP contribution in [0.15, 0.2) is 54.6 Å². The Kier molecular flexibility index (Phi) is 10.2. The van der Waals surface area contributed by atoms with Crippen LogP contribution in [0.25, 0.3) is 0 Å². The minimum Gasteiger partial charge on any atom is -0.489 e. The molecule has 0 aliphatic carbocycles. The maximum atomic E-state index is 12.0. The van der Waals surface area contributed by atoms with Crippen molar-refractivity contribution < 1.29 is 14.3 Å². The van der Waals surface area contributed by atoms with Gasteiger partial charge < -0.3 is 9.47 Å². The normalized spacial score (nSPS) is 11.8. The third-order valence-electron chi connectivity index (χ3n) is 4.76. The number of hydrogen-bond donors (Lipinski definition) is 0. The van der Waals surface area contributed by atoms with E-state index in [1.54, 1.807) is 0 Å². The second-order valence-corrected chi connectivity index (χ2v) is 7.19. The summed E-state index contributed by atoms with van der Waals surface area (Å²) in [5.74, 6) is 0.618. The molecule has 0 N–H and O–H groups in total. The standard InChI is InChI=1S/C25H33O3/c1-3-4-5-6-7-8-12-15-25(26)28-21(2)23-16-18-24(19-17-23)27-20-22-13-10-9-11-14-22/h9-11,13-14,16-19,21H,2-8,12,15,20H2,1H3. The van der Waals surface area contributed by atoms with Gasteiger partial charge in [-0.05, 0) is 36.6 Å². The van der Waals surface area contributed by atoms with Crippen molar-refractivity contribution in [2.24, 2.45) is 0 Å². The van der Waals surface area contributed by atoms with Gasteiger partial charge in [0, 0.05) is 6.42 Å². The Morgan fingerprint density at radius 1 is 0.893 bits per heavy atom. The van der Waals surface area contributed by atoms with E-state index in [0.717, 1.165) is 29.7 Å². The van der Waals surface area contributed by atoms with Gasteiger partial charge in [-0.25, -0.2) is 0 Å². The minimum atomic E-state index is -0.486. The molecule has 0 bridgehead atoms. The van der Waals surface area contributed by atoms with Gasteiger partial charge in [0.1, 0.15) is 18.5 Å². The molecule has 0 aromatic heterocycles. The summed E-state index contributed by atoms with van der Waals surface area (Å²) in [5, 5.41) is 0. The van der Waals surface area contributed by atoms with Crippen LogP contribution in [0.3, 0.4) is 0 Å². The van der Waals surface area contributed by atoms with Gasteiger partial charge in [0.2, 0.25) is 0 Å². The molecule has 2 rings (SSSR count). The number of esters is 1. The van der Waals surface area contributed by atoms with E-state index in [0.29, 0.717) is 13.0 Å². The van der Waals surface area contributed by atoms with Crippen LogP contribution in [0.5, 0.6) is 5.75 Å². The highest BCUT2D eigenvalue weighted by Gasteiger charge is 2.12. The Hall–Kier alpha value is -2.29. The molecule has 1 atom stereocenters. The average Bonchev–Trinajstić information content (AvgIpc) is 2.72. The molecule has 151 valence electrons. The first-order chi connectivity index (χ1) is 13.7. The van der Waals surface area contributed by atoms with E-state index >= 15 is 0 Å². The van der Waals surface area contributed by atoms with E-state index in [2.05, 4.69) is 13.8 Å². The third kappa shape index (κ3) is 8.60. The molecule has 0 saturated heterocycles. The molecular formula is C25H33O3. The molecule has 0 saturated carbocycles. The van der Waals surface area contributed by atoms with Gasteiger partial charge in [-0.15, -0.1) is 0 Å². The molecule has 0 aliphatic heterocycles. The van der Waals surface area contributed by atoms with Crippen LogP contribution in [0.2, 0.25) is 0 Å². The molecule has 28 heavy (non-hydrogen) atoms. The van der Waals surface area contributed by atoms with Crippen molar-refractivity contribution in [3.63, 3.8) is 0 Å². The lowest BCUT2D eigenvalue weighted by atomic mass is 10.1. The zero-order valence-electron chi connectivity index (χ0n) is 17.1. The Labute approximate surface area is 170 Å². The molecule has 0 aliphatic rings. The molecule has 0 heterocycles. The Morgan fingerprint density at radius 2 is 1.54 bits per heavy atom. The monoisotopic (exact) mass is 381 g/mol. The highest BCUT2D eigenvalue weighted by molar-refractivity contribution is 5.69. The average molecular weight is 382 g/mol. The van der Waals surface area contributed by atoms with Crippen LogP contribution < -0.4 is 4.74 Å². The minimum absolute atomic E-state index is 0.169. The van der Waals surface area contributed by atoms with Gasteiger partial charge in [0.15, 0.2) is 0 Å². The first-order valence-electron chi connectivity index (χ1n) is 10.5. The number of benzene rings is 2. The SMILES string of the molecule is [CH2]C(OC(=O)CCCCCCCCC)c1ccc(OCc2ccccc2)cc1. The summed E-state index contributed by atoms with van der Waals surface area (Å²) in [6, 6.07) is 17.6. The van der Waals surface area contributed by atoms with Gasteiger partial charge in [-0.3, -0.25) is 4.79 Å². The summed E-state index contributed by atoms with van der Waals surface area (Å²) in [6.07, 6.45) is 8.30. The first-order valence-corrected chi connectivity index (χ1v) is 10.5.